The maximum atomic E-state index is 12.3. The number of thioether (sulfide) groups is 1. The van der Waals surface area contributed by atoms with Crippen LogP contribution >= 0.6 is 23.1 Å². The number of carbonyl (C=O) groups is 2. The Hall–Kier alpha value is -2.45. The van der Waals surface area contributed by atoms with Crippen LogP contribution in [-0.2, 0) is 22.4 Å². The number of ether oxygens (including phenoxy) is 1. The Morgan fingerprint density at radius 2 is 2.04 bits per heavy atom. The molecule has 1 aromatic carbocycles. The van der Waals surface area contributed by atoms with Crippen LogP contribution in [0.2, 0.25) is 0 Å². The van der Waals surface area contributed by atoms with E-state index in [4.69, 9.17) is 0 Å². The fourth-order valence-electron chi connectivity index (χ4n) is 3.15. The van der Waals surface area contributed by atoms with Crippen LogP contribution in [0.3, 0.4) is 0 Å². The number of methoxy groups -OCH3 is 1. The number of rotatable bonds is 5. The van der Waals surface area contributed by atoms with E-state index < -0.39 is 5.97 Å². The first-order chi connectivity index (χ1) is 13.2. The highest BCUT2D eigenvalue weighted by Gasteiger charge is 2.21. The minimum Gasteiger partial charge on any atom is -0.465 e. The molecule has 2 aromatic heterocycles. The molecule has 0 spiro atoms. The second-order valence-corrected chi connectivity index (χ2v) is 8.17. The van der Waals surface area contributed by atoms with Crippen LogP contribution in [0.5, 0.6) is 0 Å². The number of nitrogens with one attached hydrogen (secondary N) is 1. The highest BCUT2D eigenvalue weighted by atomic mass is 32.2. The highest BCUT2D eigenvalue weighted by molar-refractivity contribution is 8.00. The zero-order valence-electron chi connectivity index (χ0n) is 14.7. The summed E-state index contributed by atoms with van der Waals surface area (Å²) in [4.78, 5) is 35.0. The molecule has 3 aromatic rings. The van der Waals surface area contributed by atoms with Gasteiger partial charge < -0.3 is 10.1 Å². The SMILES string of the molecule is COC(=O)c1ccc(NC(=O)CSc2ncnc3sc4c(c23)CCC4)cc1. The second-order valence-electron chi connectivity index (χ2n) is 6.12. The molecule has 1 aliphatic carbocycles. The molecular formula is C19H17N3O3S2. The zero-order chi connectivity index (χ0) is 18.8. The summed E-state index contributed by atoms with van der Waals surface area (Å²) in [5.74, 6) is -0.265. The van der Waals surface area contributed by atoms with Crippen LogP contribution in [0.15, 0.2) is 35.6 Å². The number of fused-ring (bicyclic) bond motifs is 3. The van der Waals surface area contributed by atoms with Gasteiger partial charge in [-0.2, -0.15) is 0 Å². The zero-order valence-corrected chi connectivity index (χ0v) is 16.3. The number of benzene rings is 1. The Bertz CT molecular complexity index is 1010. The summed E-state index contributed by atoms with van der Waals surface area (Å²) in [6.07, 6.45) is 4.93. The van der Waals surface area contributed by atoms with Crippen LogP contribution < -0.4 is 5.32 Å². The van der Waals surface area contributed by atoms with Gasteiger partial charge in [-0.05, 0) is 49.1 Å². The third-order valence-electron chi connectivity index (χ3n) is 4.40. The van der Waals surface area contributed by atoms with Gasteiger partial charge in [0, 0.05) is 16.0 Å². The van der Waals surface area contributed by atoms with Gasteiger partial charge >= 0.3 is 5.97 Å². The average Bonchev–Trinajstić information content (AvgIpc) is 3.27. The van der Waals surface area contributed by atoms with Gasteiger partial charge in [0.25, 0.3) is 0 Å². The predicted molar refractivity (Wildman–Crippen MR) is 107 cm³/mol. The van der Waals surface area contributed by atoms with Crippen molar-refractivity contribution >= 4 is 50.9 Å². The molecule has 27 heavy (non-hydrogen) atoms. The van der Waals surface area contributed by atoms with Gasteiger partial charge in [-0.25, -0.2) is 14.8 Å². The summed E-state index contributed by atoms with van der Waals surface area (Å²) >= 11 is 3.17. The van der Waals surface area contributed by atoms with Crippen LogP contribution in [0.25, 0.3) is 10.2 Å². The van der Waals surface area contributed by atoms with Crippen LogP contribution in [0, 0.1) is 0 Å². The van der Waals surface area contributed by atoms with E-state index in [0.717, 1.165) is 28.1 Å². The normalized spacial score (nSPS) is 12.8. The number of nitrogens with zero attached hydrogens (tertiary/aromatic N) is 2. The standard InChI is InChI=1S/C19H17N3O3S2/c1-25-19(24)11-5-7-12(8-6-11)22-15(23)9-26-17-16-13-3-2-4-14(13)27-18(16)21-10-20-17/h5-8,10H,2-4,9H2,1H3,(H,22,23). The first-order valence-corrected chi connectivity index (χ1v) is 10.3. The van der Waals surface area contributed by atoms with Crippen molar-refractivity contribution in [3.05, 3.63) is 46.6 Å². The number of hydrogen-bond acceptors (Lipinski definition) is 7. The van der Waals surface area contributed by atoms with Crippen molar-refractivity contribution in [2.75, 3.05) is 18.2 Å². The second kappa shape index (κ2) is 7.66. The molecule has 1 N–H and O–H groups in total. The van der Waals surface area contributed by atoms with Gasteiger partial charge in [0.15, 0.2) is 0 Å². The number of amides is 1. The lowest BCUT2D eigenvalue weighted by atomic mass is 10.2. The van der Waals surface area contributed by atoms with Crippen molar-refractivity contribution < 1.29 is 14.3 Å². The highest BCUT2D eigenvalue weighted by Crippen LogP contribution is 2.39. The van der Waals surface area contributed by atoms with Crippen molar-refractivity contribution in [3.63, 3.8) is 0 Å². The molecule has 1 aliphatic rings. The van der Waals surface area contributed by atoms with Gasteiger partial charge in [-0.15, -0.1) is 11.3 Å². The fraction of sp³-hybridized carbons (Fsp3) is 0.263. The van der Waals surface area contributed by atoms with E-state index >= 15 is 0 Å². The van der Waals surface area contributed by atoms with Crippen LogP contribution in [0.1, 0.15) is 27.2 Å². The molecule has 0 unspecified atom stereocenters. The van der Waals surface area contributed by atoms with E-state index in [-0.39, 0.29) is 11.7 Å². The van der Waals surface area contributed by atoms with Crippen LogP contribution in [-0.4, -0.2) is 34.7 Å². The van der Waals surface area contributed by atoms with E-state index in [1.54, 1.807) is 41.9 Å². The predicted octanol–water partition coefficient (Wildman–Crippen LogP) is 3.70. The number of esters is 1. The van der Waals surface area contributed by atoms with E-state index in [1.807, 2.05) is 0 Å². The first kappa shape index (κ1) is 17.9. The molecule has 0 aliphatic heterocycles. The molecule has 0 fully saturated rings. The van der Waals surface area contributed by atoms with E-state index in [0.29, 0.717) is 11.3 Å². The van der Waals surface area contributed by atoms with Gasteiger partial charge in [-0.3, -0.25) is 4.79 Å². The van der Waals surface area contributed by atoms with Gasteiger partial charge in [-0.1, -0.05) is 11.8 Å². The molecule has 0 bridgehead atoms. The van der Waals surface area contributed by atoms with Crippen molar-refractivity contribution in [1.29, 1.82) is 0 Å². The molecule has 0 saturated heterocycles. The van der Waals surface area contributed by atoms with Gasteiger partial charge in [0.1, 0.15) is 16.2 Å². The molecule has 0 saturated carbocycles. The van der Waals surface area contributed by atoms with Crippen molar-refractivity contribution in [3.8, 4) is 0 Å². The lowest BCUT2D eigenvalue weighted by Crippen LogP contribution is -2.14. The van der Waals surface area contributed by atoms with Gasteiger partial charge in [0.05, 0.1) is 18.4 Å². The maximum Gasteiger partial charge on any atom is 0.337 e. The molecule has 0 radical (unpaired) electrons. The smallest absolute Gasteiger partial charge is 0.337 e. The molecule has 8 heteroatoms. The molecule has 1 amide bonds. The number of thiophene rings is 1. The molecular weight excluding hydrogens is 382 g/mol. The largest absolute Gasteiger partial charge is 0.465 e. The lowest BCUT2D eigenvalue weighted by molar-refractivity contribution is -0.113. The monoisotopic (exact) mass is 399 g/mol. The van der Waals surface area contributed by atoms with Gasteiger partial charge in [0.2, 0.25) is 5.91 Å². The van der Waals surface area contributed by atoms with Crippen molar-refractivity contribution in [1.82, 2.24) is 9.97 Å². The molecule has 6 nitrogen and oxygen atoms in total. The average molecular weight is 399 g/mol. The topological polar surface area (TPSA) is 81.2 Å². The number of aryl methyl sites for hydroxylation is 2. The third kappa shape index (κ3) is 3.68. The Morgan fingerprint density at radius 1 is 1.22 bits per heavy atom. The number of aromatic nitrogens is 2. The fourth-order valence-corrected chi connectivity index (χ4v) is 5.27. The van der Waals surface area contributed by atoms with E-state index in [1.165, 1.54) is 35.7 Å². The Kier molecular flexibility index (Phi) is 5.09. The Labute approximate surface area is 164 Å². The van der Waals surface area contributed by atoms with Crippen LogP contribution in [0.4, 0.5) is 5.69 Å². The molecule has 138 valence electrons. The summed E-state index contributed by atoms with van der Waals surface area (Å²) < 4.78 is 4.66. The summed E-state index contributed by atoms with van der Waals surface area (Å²) in [5.41, 5.74) is 2.44. The minimum absolute atomic E-state index is 0.121. The lowest BCUT2D eigenvalue weighted by Gasteiger charge is -2.07. The minimum atomic E-state index is -0.403. The first-order valence-electron chi connectivity index (χ1n) is 8.52. The summed E-state index contributed by atoms with van der Waals surface area (Å²) in [5, 5.41) is 4.83. The Balaban J connectivity index is 1.43. The molecule has 4 rings (SSSR count). The summed E-state index contributed by atoms with van der Waals surface area (Å²) in [6.45, 7) is 0. The summed E-state index contributed by atoms with van der Waals surface area (Å²) in [7, 11) is 1.34. The number of carbonyl (C=O) groups excluding carboxylic acids is 2. The molecule has 0 atom stereocenters. The Morgan fingerprint density at radius 3 is 2.81 bits per heavy atom. The number of anilines is 1. The van der Waals surface area contributed by atoms with Crippen molar-refractivity contribution in [2.45, 2.75) is 24.3 Å². The summed E-state index contributed by atoms with van der Waals surface area (Å²) in [6, 6.07) is 6.61. The van der Waals surface area contributed by atoms with E-state index in [2.05, 4.69) is 20.0 Å². The molecule has 2 heterocycles. The maximum absolute atomic E-state index is 12.3. The number of hydrogen-bond donors (Lipinski definition) is 1. The third-order valence-corrected chi connectivity index (χ3v) is 6.59. The van der Waals surface area contributed by atoms with E-state index in [9.17, 15) is 9.59 Å². The quantitative estimate of drug-likeness (QED) is 0.400. The van der Waals surface area contributed by atoms with Crippen molar-refractivity contribution in [2.24, 2.45) is 0 Å².